The van der Waals surface area contributed by atoms with Crippen LogP contribution in [0.15, 0.2) is 0 Å². The van der Waals surface area contributed by atoms with Crippen LogP contribution in [0.3, 0.4) is 0 Å². The molecule has 0 aromatic heterocycles. The number of ether oxygens (including phenoxy) is 2. The Morgan fingerprint density at radius 2 is 2.19 bits per heavy atom. The molecule has 0 spiro atoms. The molecule has 0 aromatic rings. The van der Waals surface area contributed by atoms with Gasteiger partial charge in [-0.15, -0.1) is 0 Å². The molecule has 0 bridgehead atoms. The van der Waals surface area contributed by atoms with Crippen LogP contribution in [0, 0.1) is 0 Å². The van der Waals surface area contributed by atoms with Gasteiger partial charge in [0.15, 0.2) is 0 Å². The van der Waals surface area contributed by atoms with E-state index >= 15 is 0 Å². The Bertz CT molecular complexity index is 377. The lowest BCUT2D eigenvalue weighted by Gasteiger charge is -2.42. The van der Waals surface area contributed by atoms with Gasteiger partial charge in [-0.2, -0.15) is 0 Å². The number of carbonyl (C=O) groups excluding carboxylic acids is 1. The smallest absolute Gasteiger partial charge is 0.326 e. The third-order valence-electron chi connectivity index (χ3n) is 5.33. The van der Waals surface area contributed by atoms with Gasteiger partial charge in [0.1, 0.15) is 5.54 Å². The largest absolute Gasteiger partial charge is 0.465 e. The van der Waals surface area contributed by atoms with E-state index in [9.17, 15) is 4.79 Å². The van der Waals surface area contributed by atoms with Gasteiger partial charge >= 0.3 is 5.97 Å². The van der Waals surface area contributed by atoms with E-state index in [1.807, 2.05) is 14.0 Å². The van der Waals surface area contributed by atoms with Crippen molar-refractivity contribution in [2.75, 3.05) is 33.9 Å². The Balaban J connectivity index is 2.02. The first-order chi connectivity index (χ1) is 9.98. The number of carbonyl (C=O) groups is 1. The number of nitrogens with one attached hydrogen (secondary N) is 1. The number of piperidine rings is 1. The number of nitrogens with zero attached hydrogens (tertiary/aromatic N) is 1. The van der Waals surface area contributed by atoms with Crippen molar-refractivity contribution in [2.45, 2.75) is 63.1 Å². The number of likely N-dealkylation sites (tertiary alicyclic amines) is 1. The molecule has 3 unspecified atom stereocenters. The third kappa shape index (κ3) is 3.41. The molecule has 0 radical (unpaired) electrons. The number of likely N-dealkylation sites (N-methyl/N-ethyl adjacent to an activating group) is 1. The normalized spacial score (nSPS) is 37.6. The highest BCUT2D eigenvalue weighted by Gasteiger charge is 2.48. The highest BCUT2D eigenvalue weighted by atomic mass is 16.5. The highest BCUT2D eigenvalue weighted by Crippen LogP contribution is 2.36. The van der Waals surface area contributed by atoms with E-state index < -0.39 is 5.54 Å². The highest BCUT2D eigenvalue weighted by molar-refractivity contribution is 5.81. The van der Waals surface area contributed by atoms with Crippen LogP contribution in [0.5, 0.6) is 0 Å². The molecule has 5 nitrogen and oxygen atoms in total. The van der Waals surface area contributed by atoms with Crippen molar-refractivity contribution < 1.29 is 14.3 Å². The van der Waals surface area contributed by atoms with Crippen LogP contribution in [0.4, 0.5) is 0 Å². The minimum Gasteiger partial charge on any atom is -0.465 e. The van der Waals surface area contributed by atoms with Crippen molar-refractivity contribution in [3.63, 3.8) is 0 Å². The fourth-order valence-electron chi connectivity index (χ4n) is 3.84. The molecule has 5 heteroatoms. The summed E-state index contributed by atoms with van der Waals surface area (Å²) in [6.45, 7) is 6.55. The van der Waals surface area contributed by atoms with Gasteiger partial charge in [-0.1, -0.05) is 0 Å². The van der Waals surface area contributed by atoms with E-state index in [0.717, 1.165) is 45.2 Å². The van der Waals surface area contributed by atoms with Crippen LogP contribution in [-0.2, 0) is 14.3 Å². The molecule has 2 aliphatic rings. The van der Waals surface area contributed by atoms with Crippen LogP contribution < -0.4 is 5.32 Å². The van der Waals surface area contributed by atoms with Gasteiger partial charge in [-0.05, 0) is 59.5 Å². The van der Waals surface area contributed by atoms with E-state index in [-0.39, 0.29) is 11.6 Å². The van der Waals surface area contributed by atoms with Crippen LogP contribution >= 0.6 is 0 Å². The van der Waals surface area contributed by atoms with Gasteiger partial charge in [0.05, 0.1) is 12.2 Å². The first-order valence-electron chi connectivity index (χ1n) is 8.14. The van der Waals surface area contributed by atoms with E-state index in [1.54, 1.807) is 7.11 Å². The Hall–Kier alpha value is -0.650. The molecule has 21 heavy (non-hydrogen) atoms. The summed E-state index contributed by atoms with van der Waals surface area (Å²) in [5, 5.41) is 3.23. The molecule has 1 saturated heterocycles. The van der Waals surface area contributed by atoms with Gasteiger partial charge in [0, 0.05) is 19.7 Å². The number of methoxy groups -OCH3 is 1. The predicted octanol–water partition coefficient (Wildman–Crippen LogP) is 1.56. The second-order valence-corrected chi connectivity index (χ2v) is 6.68. The average Bonchev–Trinajstić information content (AvgIpc) is 2.93. The summed E-state index contributed by atoms with van der Waals surface area (Å²) in [6.07, 6.45) is 5.00. The first kappa shape index (κ1) is 16.7. The number of hydrogen-bond acceptors (Lipinski definition) is 5. The molecule has 3 atom stereocenters. The van der Waals surface area contributed by atoms with Crippen LogP contribution in [0.25, 0.3) is 0 Å². The Labute approximate surface area is 128 Å². The number of esters is 1. The molecular weight excluding hydrogens is 268 g/mol. The summed E-state index contributed by atoms with van der Waals surface area (Å²) < 4.78 is 11.0. The maximum Gasteiger partial charge on any atom is 0.326 e. The molecule has 1 aliphatic heterocycles. The van der Waals surface area contributed by atoms with Crippen molar-refractivity contribution in [2.24, 2.45) is 0 Å². The standard InChI is InChI=1S/C16H30N2O3/c1-5-21-14(19)16(17-3)9-7-13(11-16)18-10-6-8-15(2,12-18)20-4/h13,17H,5-12H2,1-4H3. The zero-order valence-corrected chi connectivity index (χ0v) is 13.9. The minimum atomic E-state index is -0.498. The van der Waals surface area contributed by atoms with E-state index in [0.29, 0.717) is 12.6 Å². The molecule has 1 saturated carbocycles. The molecular formula is C16H30N2O3. The summed E-state index contributed by atoms with van der Waals surface area (Å²) in [6, 6.07) is 0.441. The number of rotatable bonds is 5. The molecule has 2 fully saturated rings. The van der Waals surface area contributed by atoms with E-state index in [1.165, 1.54) is 0 Å². The maximum atomic E-state index is 12.3. The average molecular weight is 298 g/mol. The van der Waals surface area contributed by atoms with E-state index in [2.05, 4.69) is 17.1 Å². The zero-order chi connectivity index (χ0) is 15.5. The molecule has 122 valence electrons. The lowest BCUT2D eigenvalue weighted by atomic mass is 9.92. The Morgan fingerprint density at radius 1 is 1.43 bits per heavy atom. The van der Waals surface area contributed by atoms with Crippen molar-refractivity contribution in [3.05, 3.63) is 0 Å². The van der Waals surface area contributed by atoms with Crippen LogP contribution in [0.1, 0.15) is 46.0 Å². The van der Waals surface area contributed by atoms with Crippen molar-refractivity contribution in [1.29, 1.82) is 0 Å². The molecule has 1 heterocycles. The summed E-state index contributed by atoms with van der Waals surface area (Å²) in [5.74, 6) is -0.0958. The molecule has 1 aliphatic carbocycles. The van der Waals surface area contributed by atoms with Crippen molar-refractivity contribution in [1.82, 2.24) is 10.2 Å². The lowest BCUT2D eigenvalue weighted by molar-refractivity contribution is -0.151. The minimum absolute atomic E-state index is 0.0485. The third-order valence-corrected chi connectivity index (χ3v) is 5.33. The van der Waals surface area contributed by atoms with Gasteiger partial charge in [-0.25, -0.2) is 0 Å². The second-order valence-electron chi connectivity index (χ2n) is 6.68. The van der Waals surface area contributed by atoms with Crippen molar-refractivity contribution in [3.8, 4) is 0 Å². The second kappa shape index (κ2) is 6.63. The Morgan fingerprint density at radius 3 is 2.81 bits per heavy atom. The summed E-state index contributed by atoms with van der Waals surface area (Å²) >= 11 is 0. The van der Waals surface area contributed by atoms with Gasteiger partial charge < -0.3 is 14.8 Å². The Kier molecular flexibility index (Phi) is 5.28. The topological polar surface area (TPSA) is 50.8 Å². The molecule has 0 amide bonds. The summed E-state index contributed by atoms with van der Waals surface area (Å²) in [4.78, 5) is 14.8. The quantitative estimate of drug-likeness (QED) is 0.781. The van der Waals surface area contributed by atoms with Gasteiger partial charge in [0.25, 0.3) is 0 Å². The molecule has 0 aromatic carbocycles. The van der Waals surface area contributed by atoms with Crippen LogP contribution in [0.2, 0.25) is 0 Å². The summed E-state index contributed by atoms with van der Waals surface area (Å²) in [5.41, 5.74) is -0.547. The maximum absolute atomic E-state index is 12.3. The number of hydrogen-bond donors (Lipinski definition) is 1. The SMILES string of the molecule is CCOC(=O)C1(NC)CCC(N2CCCC(C)(OC)C2)C1. The van der Waals surface area contributed by atoms with Crippen molar-refractivity contribution >= 4 is 5.97 Å². The van der Waals surface area contributed by atoms with Gasteiger partial charge in [-0.3, -0.25) is 9.69 Å². The zero-order valence-electron chi connectivity index (χ0n) is 13.9. The monoisotopic (exact) mass is 298 g/mol. The fourth-order valence-corrected chi connectivity index (χ4v) is 3.84. The molecule has 2 rings (SSSR count). The van der Waals surface area contributed by atoms with E-state index in [4.69, 9.17) is 9.47 Å². The predicted molar refractivity (Wildman–Crippen MR) is 82.3 cm³/mol. The molecule has 1 N–H and O–H groups in total. The lowest BCUT2D eigenvalue weighted by Crippen LogP contribution is -2.53. The fraction of sp³-hybridized carbons (Fsp3) is 0.938. The first-order valence-corrected chi connectivity index (χ1v) is 8.14. The summed E-state index contributed by atoms with van der Waals surface area (Å²) in [7, 11) is 3.67. The van der Waals surface area contributed by atoms with Gasteiger partial charge in [0.2, 0.25) is 0 Å². The van der Waals surface area contributed by atoms with Crippen LogP contribution in [-0.4, -0.2) is 61.9 Å².